The number of thiocarbonyl (C=S) groups is 1. The van der Waals surface area contributed by atoms with E-state index in [2.05, 4.69) is 5.32 Å². The van der Waals surface area contributed by atoms with Gasteiger partial charge >= 0.3 is 0 Å². The molecule has 4 rings (SSSR count). The highest BCUT2D eigenvalue weighted by molar-refractivity contribution is 7.80. The molecule has 0 saturated heterocycles. The monoisotopic (exact) mass is 402 g/mol. The van der Waals surface area contributed by atoms with Gasteiger partial charge < -0.3 is 34.3 Å². The summed E-state index contributed by atoms with van der Waals surface area (Å²) in [6, 6.07) is 9.45. The van der Waals surface area contributed by atoms with E-state index in [9.17, 15) is 5.11 Å². The van der Waals surface area contributed by atoms with Crippen LogP contribution in [0, 0.1) is 0 Å². The van der Waals surface area contributed by atoms with Gasteiger partial charge in [0.1, 0.15) is 17.6 Å². The number of fused-ring (bicyclic) bond motifs is 2. The third-order valence-electron chi connectivity index (χ3n) is 4.96. The minimum absolute atomic E-state index is 0.251. The molecule has 2 aromatic rings. The molecule has 0 radical (unpaired) electrons. The minimum atomic E-state index is -0.723. The first-order chi connectivity index (χ1) is 13.6. The van der Waals surface area contributed by atoms with Gasteiger partial charge in [-0.05, 0) is 42.0 Å². The third-order valence-corrected chi connectivity index (χ3v) is 5.36. The first-order valence-electron chi connectivity index (χ1n) is 8.94. The maximum atomic E-state index is 10.7. The fourth-order valence-electron chi connectivity index (χ4n) is 3.57. The number of nitrogens with zero attached hydrogens (tertiary/aromatic N) is 1. The van der Waals surface area contributed by atoms with Crippen LogP contribution in [0.2, 0.25) is 0 Å². The molecule has 0 bridgehead atoms. The van der Waals surface area contributed by atoms with Gasteiger partial charge in [0.25, 0.3) is 0 Å². The van der Waals surface area contributed by atoms with Crippen LogP contribution in [-0.4, -0.2) is 42.7 Å². The van der Waals surface area contributed by atoms with Gasteiger partial charge in [0.05, 0.1) is 20.8 Å². The lowest BCUT2D eigenvalue weighted by Crippen LogP contribution is -2.44. The number of ether oxygens (including phenoxy) is 4. The Labute approximate surface area is 168 Å². The Kier molecular flexibility index (Phi) is 5.15. The molecule has 1 atom stereocenters. The summed E-state index contributed by atoms with van der Waals surface area (Å²) in [6.07, 6.45) is -0.723. The van der Waals surface area contributed by atoms with Crippen LogP contribution in [0.15, 0.2) is 30.3 Å². The van der Waals surface area contributed by atoms with E-state index in [4.69, 9.17) is 31.2 Å². The van der Waals surface area contributed by atoms with Crippen molar-refractivity contribution in [3.8, 4) is 23.0 Å². The van der Waals surface area contributed by atoms with Gasteiger partial charge in [-0.3, -0.25) is 0 Å². The molecule has 0 spiro atoms. The zero-order valence-corrected chi connectivity index (χ0v) is 16.5. The normalized spacial score (nSPS) is 17.1. The van der Waals surface area contributed by atoms with Gasteiger partial charge in [-0.2, -0.15) is 0 Å². The quantitative estimate of drug-likeness (QED) is 0.756. The third kappa shape index (κ3) is 3.41. The Bertz CT molecular complexity index is 904. The minimum Gasteiger partial charge on any atom is -0.496 e. The first-order valence-corrected chi connectivity index (χ1v) is 9.34. The molecule has 0 fully saturated rings. The van der Waals surface area contributed by atoms with Gasteiger partial charge in [-0.1, -0.05) is 6.07 Å². The van der Waals surface area contributed by atoms with Crippen LogP contribution < -0.4 is 24.3 Å². The fourth-order valence-corrected chi connectivity index (χ4v) is 3.78. The number of nitrogens with one attached hydrogen (secondary N) is 1. The topological polar surface area (TPSA) is 72.4 Å². The number of rotatable bonds is 4. The molecule has 2 heterocycles. The Morgan fingerprint density at radius 1 is 1.18 bits per heavy atom. The lowest BCUT2D eigenvalue weighted by Gasteiger charge is -2.35. The van der Waals surface area contributed by atoms with Crippen molar-refractivity contribution >= 4 is 17.3 Å². The molecule has 0 unspecified atom stereocenters. The standard InChI is InChI=1S/C20H22N2O5S/c1-24-15-5-6-17(25-2)19-13(15)9-22(10-14(19)23)20(28)21-8-12-3-4-16-18(7-12)27-11-26-16/h3-7,14,23H,8-11H2,1-2H3,(H,21,28)/t14-/m1/s1. The van der Waals surface area contributed by atoms with Crippen LogP contribution >= 0.6 is 12.2 Å². The van der Waals surface area contributed by atoms with Crippen LogP contribution in [0.1, 0.15) is 22.8 Å². The average molecular weight is 402 g/mol. The van der Waals surface area contributed by atoms with E-state index in [0.29, 0.717) is 36.2 Å². The van der Waals surface area contributed by atoms with Crippen LogP contribution in [0.4, 0.5) is 0 Å². The Morgan fingerprint density at radius 3 is 2.71 bits per heavy atom. The summed E-state index contributed by atoms with van der Waals surface area (Å²) in [5.74, 6) is 2.85. The summed E-state index contributed by atoms with van der Waals surface area (Å²) < 4.78 is 21.6. The summed E-state index contributed by atoms with van der Waals surface area (Å²) in [6.45, 7) is 1.70. The Hall–Kier alpha value is -2.71. The van der Waals surface area contributed by atoms with Gasteiger partial charge in [0.15, 0.2) is 16.6 Å². The van der Waals surface area contributed by atoms with Gasteiger partial charge in [0, 0.05) is 24.2 Å². The van der Waals surface area contributed by atoms with Gasteiger partial charge in [0.2, 0.25) is 6.79 Å². The summed E-state index contributed by atoms with van der Waals surface area (Å²) in [5.41, 5.74) is 2.67. The lowest BCUT2D eigenvalue weighted by atomic mass is 9.95. The molecule has 28 heavy (non-hydrogen) atoms. The summed E-state index contributed by atoms with van der Waals surface area (Å²) in [5, 5.41) is 14.5. The molecular formula is C20H22N2O5S. The summed E-state index contributed by atoms with van der Waals surface area (Å²) in [4.78, 5) is 1.93. The molecule has 2 aromatic carbocycles. The molecule has 0 aromatic heterocycles. The molecule has 8 heteroatoms. The van der Waals surface area contributed by atoms with Crippen molar-refractivity contribution < 1.29 is 24.1 Å². The maximum Gasteiger partial charge on any atom is 0.231 e. The zero-order chi connectivity index (χ0) is 19.7. The SMILES string of the molecule is COc1ccc(OC)c2c1CN(C(=S)NCc1ccc3c(c1)OCO3)C[C@H]2O. The Balaban J connectivity index is 1.47. The predicted molar refractivity (Wildman–Crippen MR) is 107 cm³/mol. The van der Waals surface area contributed by atoms with Crippen molar-refractivity contribution in [2.45, 2.75) is 19.2 Å². The molecular weight excluding hydrogens is 380 g/mol. The Morgan fingerprint density at radius 2 is 1.93 bits per heavy atom. The molecule has 2 N–H and O–H groups in total. The second-order valence-electron chi connectivity index (χ2n) is 6.60. The summed E-state index contributed by atoms with van der Waals surface area (Å²) >= 11 is 5.57. The van der Waals surface area contributed by atoms with E-state index < -0.39 is 6.10 Å². The van der Waals surface area contributed by atoms with Crippen LogP contribution in [0.5, 0.6) is 23.0 Å². The molecule has 0 aliphatic carbocycles. The number of aliphatic hydroxyl groups is 1. The van der Waals surface area contributed by atoms with Crippen LogP contribution in [0.25, 0.3) is 0 Å². The number of benzene rings is 2. The number of methoxy groups -OCH3 is 2. The fraction of sp³-hybridized carbons (Fsp3) is 0.350. The maximum absolute atomic E-state index is 10.7. The van der Waals surface area contributed by atoms with Crippen molar-refractivity contribution in [3.05, 3.63) is 47.0 Å². The molecule has 0 saturated carbocycles. The number of aliphatic hydroxyl groups excluding tert-OH is 1. The second-order valence-corrected chi connectivity index (χ2v) is 6.99. The van der Waals surface area contributed by atoms with Crippen LogP contribution in [0.3, 0.4) is 0 Å². The summed E-state index contributed by atoms with van der Waals surface area (Å²) in [7, 11) is 3.21. The molecule has 2 aliphatic heterocycles. The van der Waals surface area contributed by atoms with Crippen molar-refractivity contribution in [2.75, 3.05) is 27.6 Å². The van der Waals surface area contributed by atoms with Crippen molar-refractivity contribution in [1.82, 2.24) is 10.2 Å². The average Bonchev–Trinajstić information content (AvgIpc) is 3.18. The van der Waals surface area contributed by atoms with Crippen molar-refractivity contribution in [3.63, 3.8) is 0 Å². The van der Waals surface area contributed by atoms with E-state index >= 15 is 0 Å². The van der Waals surface area contributed by atoms with Gasteiger partial charge in [-0.15, -0.1) is 0 Å². The van der Waals surface area contributed by atoms with Crippen molar-refractivity contribution in [2.24, 2.45) is 0 Å². The molecule has 0 amide bonds. The smallest absolute Gasteiger partial charge is 0.231 e. The zero-order valence-electron chi connectivity index (χ0n) is 15.7. The second kappa shape index (κ2) is 7.73. The van der Waals surface area contributed by atoms with E-state index in [1.807, 2.05) is 35.2 Å². The first kappa shape index (κ1) is 18.6. The van der Waals surface area contributed by atoms with Crippen molar-refractivity contribution in [1.29, 1.82) is 0 Å². The van der Waals surface area contributed by atoms with Crippen LogP contribution in [-0.2, 0) is 13.1 Å². The predicted octanol–water partition coefficient (Wildman–Crippen LogP) is 2.36. The molecule has 148 valence electrons. The number of β-amino-alcohol motifs (C(OH)–C–C–N with tert-alkyl or cyclic N) is 1. The number of hydrogen-bond acceptors (Lipinski definition) is 6. The van der Waals surface area contributed by atoms with E-state index in [0.717, 1.165) is 28.2 Å². The van der Waals surface area contributed by atoms with Gasteiger partial charge in [-0.25, -0.2) is 0 Å². The highest BCUT2D eigenvalue weighted by Gasteiger charge is 2.30. The molecule has 2 aliphatic rings. The van der Waals surface area contributed by atoms with E-state index in [1.54, 1.807) is 14.2 Å². The molecule has 7 nitrogen and oxygen atoms in total. The number of hydrogen-bond donors (Lipinski definition) is 2. The highest BCUT2D eigenvalue weighted by Crippen LogP contribution is 2.39. The highest BCUT2D eigenvalue weighted by atomic mass is 32.1. The van der Waals surface area contributed by atoms with E-state index in [-0.39, 0.29) is 6.79 Å². The lowest BCUT2D eigenvalue weighted by molar-refractivity contribution is 0.122. The largest absolute Gasteiger partial charge is 0.496 e. The van der Waals surface area contributed by atoms with E-state index in [1.165, 1.54) is 0 Å².